The van der Waals surface area contributed by atoms with Crippen molar-refractivity contribution < 1.29 is 9.53 Å². The van der Waals surface area contributed by atoms with Crippen LogP contribution in [0.1, 0.15) is 6.42 Å². The number of carbonyl (C=O) groups excluding carboxylic acids is 1. The molecule has 0 spiro atoms. The van der Waals surface area contributed by atoms with Crippen LogP contribution in [0.15, 0.2) is 18.2 Å². The fraction of sp³-hybridized carbons (Fsp3) is 0.385. The Morgan fingerprint density at radius 3 is 3.10 bits per heavy atom. The van der Waals surface area contributed by atoms with Gasteiger partial charge in [0.25, 0.3) is 0 Å². The van der Waals surface area contributed by atoms with Crippen LogP contribution in [-0.4, -0.2) is 36.1 Å². The van der Waals surface area contributed by atoms with E-state index in [9.17, 15) is 4.79 Å². The Morgan fingerprint density at radius 1 is 1.60 bits per heavy atom. The zero-order chi connectivity index (χ0) is 14.5. The number of amides is 1. The largest absolute Gasteiger partial charge is 0.497 e. The summed E-state index contributed by atoms with van der Waals surface area (Å²) in [6.07, 6.45) is 2.65. The molecule has 0 aliphatic rings. The Bertz CT molecular complexity index is 600. The highest BCUT2D eigenvalue weighted by molar-refractivity contribution is 7.98. The number of thioether (sulfide) groups is 1. The van der Waals surface area contributed by atoms with Crippen molar-refractivity contribution >= 4 is 44.4 Å². The first-order valence-electron chi connectivity index (χ1n) is 6.14. The molecule has 0 unspecified atom stereocenters. The van der Waals surface area contributed by atoms with E-state index in [-0.39, 0.29) is 5.91 Å². The lowest BCUT2D eigenvalue weighted by atomic mass is 10.2. The van der Waals surface area contributed by atoms with E-state index in [0.717, 1.165) is 21.7 Å². The number of nitrogens with zero attached hydrogens (tertiary/aromatic N) is 1. The number of anilines is 1. The molecule has 1 aromatic carbocycles. The molecule has 3 N–H and O–H groups in total. The number of aromatic nitrogens is 1. The third kappa shape index (κ3) is 3.62. The van der Waals surface area contributed by atoms with Crippen molar-refractivity contribution in [1.29, 1.82) is 0 Å². The number of benzene rings is 1. The van der Waals surface area contributed by atoms with Crippen LogP contribution < -0.4 is 15.8 Å². The standard InChI is InChI=1S/C13H17N3O2S2/c1-18-8-3-4-10-11(7-8)20-13(15-10)16-12(17)9(14)5-6-19-2/h3-4,7,9H,5-6,14H2,1-2H3,(H,15,16,17)/t9-/m1/s1. The van der Waals surface area contributed by atoms with E-state index in [1.165, 1.54) is 11.3 Å². The highest BCUT2D eigenvalue weighted by Gasteiger charge is 2.15. The number of hydrogen-bond acceptors (Lipinski definition) is 6. The van der Waals surface area contributed by atoms with Crippen molar-refractivity contribution in [2.24, 2.45) is 5.73 Å². The average molecular weight is 311 g/mol. The molecule has 1 heterocycles. The molecule has 5 nitrogen and oxygen atoms in total. The average Bonchev–Trinajstić information content (AvgIpc) is 2.85. The minimum atomic E-state index is -0.496. The monoisotopic (exact) mass is 311 g/mol. The van der Waals surface area contributed by atoms with Gasteiger partial charge in [0.05, 0.1) is 23.4 Å². The van der Waals surface area contributed by atoms with Crippen molar-refractivity contribution in [2.75, 3.05) is 24.4 Å². The van der Waals surface area contributed by atoms with Crippen molar-refractivity contribution in [3.63, 3.8) is 0 Å². The summed E-state index contributed by atoms with van der Waals surface area (Å²) in [7, 11) is 1.62. The zero-order valence-corrected chi connectivity index (χ0v) is 13.0. The summed E-state index contributed by atoms with van der Waals surface area (Å²) in [5.74, 6) is 1.45. The van der Waals surface area contributed by atoms with Crippen LogP contribution in [0.25, 0.3) is 10.2 Å². The van der Waals surface area contributed by atoms with Crippen molar-refractivity contribution in [1.82, 2.24) is 4.98 Å². The van der Waals surface area contributed by atoms with Crippen LogP contribution in [0.5, 0.6) is 5.75 Å². The van der Waals surface area contributed by atoms with Gasteiger partial charge in [0.15, 0.2) is 5.13 Å². The minimum absolute atomic E-state index is 0.190. The Morgan fingerprint density at radius 2 is 2.40 bits per heavy atom. The van der Waals surface area contributed by atoms with Gasteiger partial charge in [-0.05, 0) is 36.6 Å². The van der Waals surface area contributed by atoms with Crippen molar-refractivity contribution in [2.45, 2.75) is 12.5 Å². The van der Waals surface area contributed by atoms with Gasteiger partial charge in [-0.3, -0.25) is 4.79 Å². The number of methoxy groups -OCH3 is 1. The number of carbonyl (C=O) groups is 1. The van der Waals surface area contributed by atoms with E-state index >= 15 is 0 Å². The summed E-state index contributed by atoms with van der Waals surface area (Å²) in [6, 6.07) is 5.12. The fourth-order valence-corrected chi connectivity index (χ4v) is 3.05. The number of nitrogens with two attached hydrogens (primary N) is 1. The predicted molar refractivity (Wildman–Crippen MR) is 85.8 cm³/mol. The van der Waals surface area contributed by atoms with Crippen molar-refractivity contribution in [3.8, 4) is 5.75 Å². The molecule has 0 saturated carbocycles. The molecule has 20 heavy (non-hydrogen) atoms. The van der Waals surface area contributed by atoms with Gasteiger partial charge in [-0.15, -0.1) is 0 Å². The number of nitrogens with one attached hydrogen (secondary N) is 1. The Hall–Kier alpha value is -1.31. The van der Waals surface area contributed by atoms with Crippen LogP contribution in [0, 0.1) is 0 Å². The normalized spacial score (nSPS) is 12.3. The molecule has 0 aliphatic heterocycles. The summed E-state index contributed by atoms with van der Waals surface area (Å²) in [5.41, 5.74) is 6.66. The maximum absolute atomic E-state index is 11.9. The molecular formula is C13H17N3O2S2. The summed E-state index contributed by atoms with van der Waals surface area (Å²) < 4.78 is 6.13. The summed E-state index contributed by atoms with van der Waals surface area (Å²) in [4.78, 5) is 16.3. The SMILES string of the molecule is COc1ccc2nc(NC(=O)[C@H](N)CCSC)sc2c1. The quantitative estimate of drug-likeness (QED) is 0.856. The van der Waals surface area contributed by atoms with E-state index in [2.05, 4.69) is 10.3 Å². The second-order valence-corrected chi connectivity index (χ2v) is 6.25. The van der Waals surface area contributed by atoms with E-state index in [1.54, 1.807) is 18.9 Å². The molecule has 2 rings (SSSR count). The number of ether oxygens (including phenoxy) is 1. The molecule has 0 bridgehead atoms. The first-order valence-corrected chi connectivity index (χ1v) is 8.35. The number of fused-ring (bicyclic) bond motifs is 1. The number of thiazole rings is 1. The second-order valence-electron chi connectivity index (χ2n) is 4.23. The minimum Gasteiger partial charge on any atom is -0.497 e. The molecule has 1 amide bonds. The molecule has 108 valence electrons. The lowest BCUT2D eigenvalue weighted by Crippen LogP contribution is -2.36. The fourth-order valence-electron chi connectivity index (χ4n) is 1.66. The van der Waals surface area contributed by atoms with Crippen LogP contribution in [-0.2, 0) is 4.79 Å². The Labute approximate surface area is 125 Å². The predicted octanol–water partition coefficient (Wildman–Crippen LogP) is 2.32. The summed E-state index contributed by atoms with van der Waals surface area (Å²) in [6.45, 7) is 0. The van der Waals surface area contributed by atoms with E-state index in [0.29, 0.717) is 11.6 Å². The van der Waals surface area contributed by atoms with E-state index in [1.807, 2.05) is 24.5 Å². The number of rotatable bonds is 6. The Balaban J connectivity index is 2.07. The molecule has 0 aliphatic carbocycles. The highest BCUT2D eigenvalue weighted by atomic mass is 32.2. The lowest BCUT2D eigenvalue weighted by molar-refractivity contribution is -0.117. The summed E-state index contributed by atoms with van der Waals surface area (Å²) in [5, 5.41) is 3.34. The van der Waals surface area contributed by atoms with Gasteiger partial charge in [-0.1, -0.05) is 11.3 Å². The van der Waals surface area contributed by atoms with Gasteiger partial charge in [0.1, 0.15) is 5.75 Å². The smallest absolute Gasteiger partial charge is 0.243 e. The van der Waals surface area contributed by atoms with Gasteiger partial charge in [0, 0.05) is 0 Å². The van der Waals surface area contributed by atoms with Gasteiger partial charge >= 0.3 is 0 Å². The van der Waals surface area contributed by atoms with Gasteiger partial charge < -0.3 is 15.8 Å². The molecule has 0 saturated heterocycles. The molecule has 1 atom stereocenters. The van der Waals surface area contributed by atoms with Gasteiger partial charge in [0.2, 0.25) is 5.91 Å². The third-order valence-electron chi connectivity index (χ3n) is 2.80. The lowest BCUT2D eigenvalue weighted by Gasteiger charge is -2.09. The van der Waals surface area contributed by atoms with Crippen molar-refractivity contribution in [3.05, 3.63) is 18.2 Å². The second kappa shape index (κ2) is 6.92. The Kier molecular flexibility index (Phi) is 5.22. The molecule has 0 radical (unpaired) electrons. The van der Waals surface area contributed by atoms with Crippen LogP contribution in [0.4, 0.5) is 5.13 Å². The molecule has 2 aromatic rings. The topological polar surface area (TPSA) is 77.2 Å². The highest BCUT2D eigenvalue weighted by Crippen LogP contribution is 2.29. The summed E-state index contributed by atoms with van der Waals surface area (Å²) >= 11 is 3.09. The van der Waals surface area contributed by atoms with Crippen LogP contribution in [0.3, 0.4) is 0 Å². The maximum atomic E-state index is 11.9. The van der Waals surface area contributed by atoms with E-state index < -0.39 is 6.04 Å². The first kappa shape index (κ1) is 15.1. The van der Waals surface area contributed by atoms with Gasteiger partial charge in [-0.25, -0.2) is 4.98 Å². The number of hydrogen-bond donors (Lipinski definition) is 2. The third-order valence-corrected chi connectivity index (χ3v) is 4.37. The molecule has 0 fully saturated rings. The molecule has 7 heteroatoms. The molecular weight excluding hydrogens is 294 g/mol. The molecule has 1 aromatic heterocycles. The van der Waals surface area contributed by atoms with E-state index in [4.69, 9.17) is 10.5 Å². The van der Waals surface area contributed by atoms with Crippen LogP contribution in [0.2, 0.25) is 0 Å². The van der Waals surface area contributed by atoms with Gasteiger partial charge in [-0.2, -0.15) is 11.8 Å². The first-order chi connectivity index (χ1) is 9.63. The zero-order valence-electron chi connectivity index (χ0n) is 11.4. The van der Waals surface area contributed by atoms with Crippen LogP contribution >= 0.6 is 23.1 Å². The maximum Gasteiger partial charge on any atom is 0.243 e.